The summed E-state index contributed by atoms with van der Waals surface area (Å²) in [7, 11) is 0. The first-order valence-electron chi connectivity index (χ1n) is 4.68. The maximum Gasteiger partial charge on any atom is 0.230 e. The molecule has 2 atom stereocenters. The van der Waals surface area contributed by atoms with Crippen LogP contribution in [0.1, 0.15) is 25.7 Å². The van der Waals surface area contributed by atoms with Crippen molar-refractivity contribution in [2.45, 2.75) is 37.8 Å². The van der Waals surface area contributed by atoms with Crippen LogP contribution in [0.3, 0.4) is 0 Å². The average Bonchev–Trinajstić information content (AvgIpc) is 2.04. The fraction of sp³-hybridized carbons (Fsp3) is 0.889. The summed E-state index contributed by atoms with van der Waals surface area (Å²) in [6, 6.07) is 0.198. The number of amides is 1. The van der Waals surface area contributed by atoms with Gasteiger partial charge in [0.1, 0.15) is 0 Å². The summed E-state index contributed by atoms with van der Waals surface area (Å²) in [5.41, 5.74) is 0. The Kier molecular flexibility index (Phi) is 4.59. The number of hydrogen-bond acceptors (Lipinski definition) is 3. The van der Waals surface area contributed by atoms with Crippen molar-refractivity contribution in [3.8, 4) is 0 Å². The molecule has 0 aliphatic heterocycles. The van der Waals surface area contributed by atoms with Gasteiger partial charge in [0.05, 0.1) is 11.9 Å². The van der Waals surface area contributed by atoms with E-state index in [1.54, 1.807) is 0 Å². The number of hydrogen-bond donors (Lipinski definition) is 2. The van der Waals surface area contributed by atoms with Gasteiger partial charge in [-0.3, -0.25) is 4.79 Å². The molecule has 4 heteroatoms. The maximum atomic E-state index is 11.2. The molecular formula is C9H17NO2S. The van der Waals surface area contributed by atoms with E-state index in [1.165, 1.54) is 11.8 Å². The number of rotatable bonds is 3. The minimum absolute atomic E-state index is 0.0894. The quantitative estimate of drug-likeness (QED) is 0.712. The number of aliphatic hydroxyl groups is 1. The molecule has 1 fully saturated rings. The normalized spacial score (nSPS) is 28.5. The Balaban J connectivity index is 2.23. The Hall–Kier alpha value is -0.220. The fourth-order valence-corrected chi connectivity index (χ4v) is 2.04. The lowest BCUT2D eigenvalue weighted by atomic mass is 9.93. The summed E-state index contributed by atoms with van der Waals surface area (Å²) < 4.78 is 0. The Morgan fingerprint density at radius 3 is 3.00 bits per heavy atom. The molecule has 0 aromatic heterocycles. The topological polar surface area (TPSA) is 49.3 Å². The van der Waals surface area contributed by atoms with Crippen molar-refractivity contribution in [3.63, 3.8) is 0 Å². The van der Waals surface area contributed by atoms with Gasteiger partial charge >= 0.3 is 0 Å². The molecule has 2 N–H and O–H groups in total. The molecule has 13 heavy (non-hydrogen) atoms. The average molecular weight is 203 g/mol. The van der Waals surface area contributed by atoms with Crippen molar-refractivity contribution in [3.05, 3.63) is 0 Å². The van der Waals surface area contributed by atoms with Crippen LogP contribution in [-0.2, 0) is 4.79 Å². The van der Waals surface area contributed by atoms with Crippen molar-refractivity contribution in [1.82, 2.24) is 5.32 Å². The van der Waals surface area contributed by atoms with E-state index in [2.05, 4.69) is 5.32 Å². The molecule has 1 amide bonds. The summed E-state index contributed by atoms with van der Waals surface area (Å²) in [5, 5.41) is 12.3. The molecular weight excluding hydrogens is 186 g/mol. The van der Waals surface area contributed by atoms with Gasteiger partial charge in [-0.05, 0) is 31.9 Å². The van der Waals surface area contributed by atoms with Gasteiger partial charge in [0.2, 0.25) is 5.91 Å². The van der Waals surface area contributed by atoms with E-state index < -0.39 is 0 Å². The molecule has 1 rings (SSSR count). The number of aliphatic hydroxyl groups excluding tert-OH is 1. The minimum Gasteiger partial charge on any atom is -0.393 e. The van der Waals surface area contributed by atoms with Crippen LogP contribution in [0.2, 0.25) is 0 Å². The van der Waals surface area contributed by atoms with Crippen LogP contribution in [0.4, 0.5) is 0 Å². The molecule has 0 spiro atoms. The first kappa shape index (κ1) is 10.9. The van der Waals surface area contributed by atoms with Crippen molar-refractivity contribution >= 4 is 17.7 Å². The number of carbonyl (C=O) groups is 1. The van der Waals surface area contributed by atoms with Crippen molar-refractivity contribution in [2.24, 2.45) is 0 Å². The zero-order chi connectivity index (χ0) is 9.68. The molecule has 76 valence electrons. The summed E-state index contributed by atoms with van der Waals surface area (Å²) in [6.45, 7) is 0. The second kappa shape index (κ2) is 5.50. The summed E-state index contributed by atoms with van der Waals surface area (Å²) in [6.07, 6.45) is 5.33. The third kappa shape index (κ3) is 4.00. The molecule has 1 saturated carbocycles. The minimum atomic E-state index is -0.215. The van der Waals surface area contributed by atoms with Gasteiger partial charge in [0.15, 0.2) is 0 Å². The summed E-state index contributed by atoms with van der Waals surface area (Å²) >= 11 is 1.52. The Bertz CT molecular complexity index is 175. The van der Waals surface area contributed by atoms with Crippen LogP contribution in [0.5, 0.6) is 0 Å². The van der Waals surface area contributed by atoms with Gasteiger partial charge in [-0.1, -0.05) is 0 Å². The number of carbonyl (C=O) groups excluding carboxylic acids is 1. The first-order chi connectivity index (χ1) is 6.22. The van der Waals surface area contributed by atoms with E-state index in [9.17, 15) is 9.90 Å². The largest absolute Gasteiger partial charge is 0.393 e. The van der Waals surface area contributed by atoms with Crippen LogP contribution in [0.15, 0.2) is 0 Å². The Morgan fingerprint density at radius 2 is 2.38 bits per heavy atom. The molecule has 0 radical (unpaired) electrons. The zero-order valence-corrected chi connectivity index (χ0v) is 8.77. The first-order valence-corrected chi connectivity index (χ1v) is 6.08. The van der Waals surface area contributed by atoms with Crippen LogP contribution >= 0.6 is 11.8 Å². The highest BCUT2D eigenvalue weighted by atomic mass is 32.2. The second-order valence-electron chi connectivity index (χ2n) is 3.52. The van der Waals surface area contributed by atoms with Gasteiger partial charge in [0.25, 0.3) is 0 Å². The monoisotopic (exact) mass is 203 g/mol. The highest BCUT2D eigenvalue weighted by molar-refractivity contribution is 7.99. The lowest BCUT2D eigenvalue weighted by molar-refractivity contribution is -0.119. The molecule has 1 aliphatic carbocycles. The molecule has 1 aliphatic rings. The third-order valence-electron chi connectivity index (χ3n) is 2.29. The van der Waals surface area contributed by atoms with Gasteiger partial charge in [0, 0.05) is 6.04 Å². The van der Waals surface area contributed by atoms with Crippen molar-refractivity contribution in [2.75, 3.05) is 12.0 Å². The molecule has 3 nitrogen and oxygen atoms in total. The SMILES string of the molecule is CSCC(=O)N[C@H]1CCC[C@@H](O)C1. The van der Waals surface area contributed by atoms with Crippen molar-refractivity contribution < 1.29 is 9.90 Å². The summed E-state index contributed by atoms with van der Waals surface area (Å²) in [5.74, 6) is 0.610. The molecule has 0 saturated heterocycles. The Morgan fingerprint density at radius 1 is 1.62 bits per heavy atom. The van der Waals surface area contributed by atoms with E-state index >= 15 is 0 Å². The van der Waals surface area contributed by atoms with Crippen LogP contribution in [0, 0.1) is 0 Å². The van der Waals surface area contributed by atoms with E-state index in [-0.39, 0.29) is 18.1 Å². The molecule has 0 unspecified atom stereocenters. The number of thioether (sulfide) groups is 1. The summed E-state index contributed by atoms with van der Waals surface area (Å²) in [4.78, 5) is 11.2. The molecule has 0 bridgehead atoms. The predicted molar refractivity (Wildman–Crippen MR) is 54.8 cm³/mol. The van der Waals surface area contributed by atoms with Gasteiger partial charge < -0.3 is 10.4 Å². The van der Waals surface area contributed by atoms with Gasteiger partial charge in [-0.15, -0.1) is 0 Å². The zero-order valence-electron chi connectivity index (χ0n) is 7.95. The third-order valence-corrected chi connectivity index (χ3v) is 2.84. The predicted octanol–water partition coefficient (Wildman–Crippen LogP) is 0.769. The number of nitrogens with one attached hydrogen (secondary N) is 1. The lowest BCUT2D eigenvalue weighted by Crippen LogP contribution is -2.40. The Labute approximate surface area is 83.3 Å². The van der Waals surface area contributed by atoms with E-state index in [4.69, 9.17) is 0 Å². The van der Waals surface area contributed by atoms with Crippen LogP contribution in [-0.4, -0.2) is 35.2 Å². The standard InChI is InChI=1S/C9H17NO2S/c1-13-6-9(12)10-7-3-2-4-8(11)5-7/h7-8,11H,2-6H2,1H3,(H,10,12)/t7-,8+/m0/s1. The highest BCUT2D eigenvalue weighted by Crippen LogP contribution is 2.18. The van der Waals surface area contributed by atoms with Crippen LogP contribution < -0.4 is 5.32 Å². The lowest BCUT2D eigenvalue weighted by Gasteiger charge is -2.26. The van der Waals surface area contributed by atoms with E-state index in [0.29, 0.717) is 5.75 Å². The maximum absolute atomic E-state index is 11.2. The molecule has 0 aromatic carbocycles. The second-order valence-corrected chi connectivity index (χ2v) is 4.38. The van der Waals surface area contributed by atoms with Gasteiger partial charge in [-0.25, -0.2) is 0 Å². The molecule has 0 heterocycles. The smallest absolute Gasteiger partial charge is 0.230 e. The van der Waals surface area contributed by atoms with Crippen LogP contribution in [0.25, 0.3) is 0 Å². The fourth-order valence-electron chi connectivity index (χ4n) is 1.70. The highest BCUT2D eigenvalue weighted by Gasteiger charge is 2.20. The van der Waals surface area contributed by atoms with Crippen molar-refractivity contribution in [1.29, 1.82) is 0 Å². The van der Waals surface area contributed by atoms with E-state index in [0.717, 1.165) is 25.7 Å². The molecule has 0 aromatic rings. The van der Waals surface area contributed by atoms with E-state index in [1.807, 2.05) is 6.26 Å². The van der Waals surface area contributed by atoms with Gasteiger partial charge in [-0.2, -0.15) is 11.8 Å².